The maximum absolute atomic E-state index is 13.6. The minimum absolute atomic E-state index is 0.0259. The van der Waals surface area contributed by atoms with Crippen LogP contribution in [-0.2, 0) is 19.5 Å². The first-order valence-corrected chi connectivity index (χ1v) is 9.84. The van der Waals surface area contributed by atoms with E-state index in [1.165, 1.54) is 12.1 Å². The summed E-state index contributed by atoms with van der Waals surface area (Å²) in [4.78, 5) is -0.0259. The summed E-state index contributed by atoms with van der Waals surface area (Å²) in [6.45, 7) is 5.45. The van der Waals surface area contributed by atoms with Crippen molar-refractivity contribution in [2.45, 2.75) is 50.2 Å². The minimum atomic E-state index is -3.77. The van der Waals surface area contributed by atoms with Crippen LogP contribution in [0.2, 0.25) is 0 Å². The van der Waals surface area contributed by atoms with Gasteiger partial charge < -0.3 is 9.47 Å². The molecule has 5 nitrogen and oxygen atoms in total. The molecule has 134 valence electrons. The van der Waals surface area contributed by atoms with Gasteiger partial charge in [0.05, 0.1) is 11.0 Å². The lowest BCUT2D eigenvalue weighted by molar-refractivity contribution is -0.168. The maximum atomic E-state index is 13.6. The quantitative estimate of drug-likeness (QED) is 0.879. The lowest BCUT2D eigenvalue weighted by Crippen LogP contribution is -2.66. The fourth-order valence-electron chi connectivity index (χ4n) is 3.88. The second-order valence-electron chi connectivity index (χ2n) is 6.66. The Bertz CT molecular complexity index is 680. The Morgan fingerprint density at radius 2 is 2.04 bits per heavy atom. The molecule has 1 aliphatic carbocycles. The van der Waals surface area contributed by atoms with Crippen molar-refractivity contribution in [2.75, 3.05) is 19.8 Å². The van der Waals surface area contributed by atoms with Gasteiger partial charge in [-0.2, -0.15) is 0 Å². The zero-order chi connectivity index (χ0) is 17.4. The third-order valence-corrected chi connectivity index (χ3v) is 6.65. The van der Waals surface area contributed by atoms with Gasteiger partial charge in [0.15, 0.2) is 0 Å². The fourth-order valence-corrected chi connectivity index (χ4v) is 5.33. The Balaban J connectivity index is 1.81. The monoisotopic (exact) mass is 357 g/mol. The van der Waals surface area contributed by atoms with Gasteiger partial charge in [0.2, 0.25) is 10.0 Å². The van der Waals surface area contributed by atoms with Crippen LogP contribution in [0.3, 0.4) is 0 Å². The smallest absolute Gasteiger partial charge is 0.240 e. The Morgan fingerprint density at radius 1 is 1.33 bits per heavy atom. The molecule has 0 radical (unpaired) electrons. The average molecular weight is 357 g/mol. The second kappa shape index (κ2) is 6.71. The molecule has 1 aromatic rings. The molecule has 2 fully saturated rings. The summed E-state index contributed by atoms with van der Waals surface area (Å²) in [5.74, 6) is -0.544. The molecule has 1 N–H and O–H groups in total. The number of sulfonamides is 1. The van der Waals surface area contributed by atoms with E-state index in [1.807, 2.05) is 6.92 Å². The van der Waals surface area contributed by atoms with E-state index in [0.29, 0.717) is 31.8 Å². The van der Waals surface area contributed by atoms with Gasteiger partial charge >= 0.3 is 0 Å². The van der Waals surface area contributed by atoms with Gasteiger partial charge in [0.1, 0.15) is 5.82 Å². The van der Waals surface area contributed by atoms with Crippen molar-refractivity contribution >= 4 is 10.0 Å². The zero-order valence-corrected chi connectivity index (χ0v) is 14.9. The number of aryl methyl sites for hydroxylation is 1. The summed E-state index contributed by atoms with van der Waals surface area (Å²) in [5.41, 5.74) is 0.362. The van der Waals surface area contributed by atoms with Crippen molar-refractivity contribution in [3.63, 3.8) is 0 Å². The van der Waals surface area contributed by atoms with Crippen LogP contribution in [-0.4, -0.2) is 40.4 Å². The summed E-state index contributed by atoms with van der Waals surface area (Å²) >= 11 is 0. The number of hydrogen-bond donors (Lipinski definition) is 1. The van der Waals surface area contributed by atoms with Crippen LogP contribution >= 0.6 is 0 Å². The third-order valence-electron chi connectivity index (χ3n) is 5.20. The summed E-state index contributed by atoms with van der Waals surface area (Å²) in [6, 6.07) is 3.66. The molecule has 7 heteroatoms. The van der Waals surface area contributed by atoms with Gasteiger partial charge in [-0.15, -0.1) is 0 Å². The van der Waals surface area contributed by atoms with Crippen LogP contribution in [0, 0.1) is 18.2 Å². The number of hydrogen-bond acceptors (Lipinski definition) is 4. The van der Waals surface area contributed by atoms with Gasteiger partial charge in [-0.25, -0.2) is 17.5 Å². The predicted octanol–water partition coefficient (Wildman–Crippen LogP) is 2.39. The van der Waals surface area contributed by atoms with E-state index in [4.69, 9.17) is 9.47 Å². The molecule has 3 rings (SSSR count). The molecule has 1 aromatic carbocycles. The molecule has 1 heterocycles. The largest absolute Gasteiger partial charge is 0.381 e. The minimum Gasteiger partial charge on any atom is -0.381 e. The second-order valence-corrected chi connectivity index (χ2v) is 8.38. The summed E-state index contributed by atoms with van der Waals surface area (Å²) in [5, 5.41) is 0. The van der Waals surface area contributed by atoms with Crippen molar-refractivity contribution in [3.8, 4) is 0 Å². The van der Waals surface area contributed by atoms with Crippen molar-refractivity contribution < 1.29 is 22.3 Å². The molecular weight excluding hydrogens is 333 g/mol. The Labute approximate surface area is 142 Å². The molecule has 0 bridgehead atoms. The summed E-state index contributed by atoms with van der Waals surface area (Å²) < 4.78 is 53.0. The maximum Gasteiger partial charge on any atom is 0.240 e. The summed E-state index contributed by atoms with van der Waals surface area (Å²) in [7, 11) is -3.77. The van der Waals surface area contributed by atoms with Crippen molar-refractivity contribution in [3.05, 3.63) is 29.6 Å². The normalized spacial score (nSPS) is 26.3. The number of halogens is 1. The van der Waals surface area contributed by atoms with Crippen molar-refractivity contribution in [1.29, 1.82) is 0 Å². The van der Waals surface area contributed by atoms with E-state index in [9.17, 15) is 12.8 Å². The van der Waals surface area contributed by atoms with Crippen LogP contribution in [0.4, 0.5) is 4.39 Å². The zero-order valence-electron chi connectivity index (χ0n) is 14.0. The van der Waals surface area contributed by atoms with E-state index in [1.54, 1.807) is 6.92 Å². The van der Waals surface area contributed by atoms with Crippen LogP contribution < -0.4 is 4.72 Å². The van der Waals surface area contributed by atoms with Crippen molar-refractivity contribution in [2.24, 2.45) is 5.41 Å². The molecule has 1 saturated heterocycles. The first kappa shape index (κ1) is 17.8. The SMILES string of the molecule is CCOC1CC(NS(=O)(=O)c2cc(C)cc(F)c2)C12CCOCC2. The highest BCUT2D eigenvalue weighted by Gasteiger charge is 2.57. The van der Waals surface area contributed by atoms with E-state index in [0.717, 1.165) is 18.9 Å². The number of benzene rings is 1. The van der Waals surface area contributed by atoms with E-state index in [2.05, 4.69) is 4.72 Å². The highest BCUT2D eigenvalue weighted by molar-refractivity contribution is 7.89. The lowest BCUT2D eigenvalue weighted by Gasteiger charge is -2.57. The highest BCUT2D eigenvalue weighted by atomic mass is 32.2. The molecule has 1 aliphatic heterocycles. The molecule has 24 heavy (non-hydrogen) atoms. The first-order valence-electron chi connectivity index (χ1n) is 8.36. The van der Waals surface area contributed by atoms with Crippen molar-refractivity contribution in [1.82, 2.24) is 4.72 Å². The Kier molecular flexibility index (Phi) is 4.97. The first-order chi connectivity index (χ1) is 11.4. The Morgan fingerprint density at radius 3 is 2.67 bits per heavy atom. The molecule has 0 aromatic heterocycles. The van der Waals surface area contributed by atoms with Gasteiger partial charge in [-0.3, -0.25) is 0 Å². The standard InChI is InChI=1S/C17H24FNO4S/c1-3-23-16-11-15(17(16)4-6-22-7-5-17)19-24(20,21)14-9-12(2)8-13(18)10-14/h8-10,15-16,19H,3-7,11H2,1-2H3. The van der Waals surface area contributed by atoms with E-state index >= 15 is 0 Å². The topological polar surface area (TPSA) is 64.6 Å². The number of ether oxygens (including phenoxy) is 2. The number of rotatable bonds is 5. The molecule has 2 atom stereocenters. The lowest BCUT2D eigenvalue weighted by atomic mass is 9.58. The summed E-state index contributed by atoms with van der Waals surface area (Å²) in [6.07, 6.45) is 2.23. The molecule has 2 aliphatic rings. The van der Waals surface area contributed by atoms with Gasteiger partial charge in [-0.05, 0) is 56.9 Å². The average Bonchev–Trinajstić information content (AvgIpc) is 2.54. The van der Waals surface area contributed by atoms with Crippen LogP contribution in [0.1, 0.15) is 31.7 Å². The van der Waals surface area contributed by atoms with Crippen LogP contribution in [0.15, 0.2) is 23.1 Å². The molecular formula is C17H24FNO4S. The van der Waals surface area contributed by atoms with Gasteiger partial charge in [-0.1, -0.05) is 0 Å². The molecule has 2 unspecified atom stereocenters. The van der Waals surface area contributed by atoms with Crippen LogP contribution in [0.25, 0.3) is 0 Å². The highest BCUT2D eigenvalue weighted by Crippen LogP contribution is 2.51. The van der Waals surface area contributed by atoms with Crippen LogP contribution in [0.5, 0.6) is 0 Å². The predicted molar refractivity (Wildman–Crippen MR) is 87.8 cm³/mol. The van der Waals surface area contributed by atoms with Gasteiger partial charge in [0, 0.05) is 31.3 Å². The molecule has 0 amide bonds. The molecule has 1 saturated carbocycles. The Hall–Kier alpha value is -1.02. The molecule has 1 spiro atoms. The van der Waals surface area contributed by atoms with E-state index < -0.39 is 15.8 Å². The number of nitrogens with one attached hydrogen (secondary N) is 1. The third kappa shape index (κ3) is 3.22. The van der Waals surface area contributed by atoms with E-state index in [-0.39, 0.29) is 22.5 Å². The van der Waals surface area contributed by atoms with Gasteiger partial charge in [0.25, 0.3) is 0 Å². The fraction of sp³-hybridized carbons (Fsp3) is 0.647.